The van der Waals surface area contributed by atoms with Crippen molar-refractivity contribution < 1.29 is 42.5 Å². The summed E-state index contributed by atoms with van der Waals surface area (Å²) >= 11 is 0. The number of esters is 1. The Balaban J connectivity index is 2.07. The van der Waals surface area contributed by atoms with Gasteiger partial charge in [-0.25, -0.2) is 14.0 Å². The highest BCUT2D eigenvalue weighted by Crippen LogP contribution is 2.41. The molecule has 15 heteroatoms. The largest absolute Gasteiger partial charge is 0.455 e. The van der Waals surface area contributed by atoms with E-state index in [2.05, 4.69) is 20.2 Å². The highest BCUT2D eigenvalue weighted by molar-refractivity contribution is 6.07. The minimum absolute atomic E-state index is 0.0488. The van der Waals surface area contributed by atoms with E-state index in [0.717, 1.165) is 13.3 Å². The topological polar surface area (TPSA) is 165 Å². The number of nitrogens with zero attached hydrogens (tertiary/aromatic N) is 5. The molecule has 0 saturated carbocycles. The molecule has 1 N–H and O–H groups in total. The van der Waals surface area contributed by atoms with Crippen LogP contribution in [-0.4, -0.2) is 128 Å². The Labute approximate surface area is 303 Å². The van der Waals surface area contributed by atoms with E-state index in [-0.39, 0.29) is 43.0 Å². The summed E-state index contributed by atoms with van der Waals surface area (Å²) in [7, 11) is 5.56. The van der Waals surface area contributed by atoms with Crippen LogP contribution in [0.25, 0.3) is 10.4 Å². The van der Waals surface area contributed by atoms with Crippen molar-refractivity contribution in [2.45, 2.75) is 154 Å². The Kier molecular flexibility index (Phi) is 14.7. The maximum atomic E-state index is 16.8. The number of rotatable bonds is 10. The van der Waals surface area contributed by atoms with Gasteiger partial charge < -0.3 is 33.9 Å². The molecule has 51 heavy (non-hydrogen) atoms. The maximum Gasteiger partial charge on any atom is 0.410 e. The minimum atomic E-state index is -3.06. The van der Waals surface area contributed by atoms with Crippen LogP contribution in [0.2, 0.25) is 0 Å². The molecule has 0 aromatic carbocycles. The smallest absolute Gasteiger partial charge is 0.410 e. The molecule has 0 aromatic heterocycles. The first kappa shape index (κ1) is 42.9. The van der Waals surface area contributed by atoms with Crippen molar-refractivity contribution in [3.63, 3.8) is 0 Å². The van der Waals surface area contributed by atoms with Gasteiger partial charge in [-0.1, -0.05) is 32.8 Å². The van der Waals surface area contributed by atoms with Crippen molar-refractivity contribution in [2.24, 2.45) is 22.9 Å². The van der Waals surface area contributed by atoms with E-state index < -0.39 is 65.2 Å². The van der Waals surface area contributed by atoms with Crippen molar-refractivity contribution in [2.75, 3.05) is 40.8 Å². The van der Waals surface area contributed by atoms with Crippen LogP contribution < -0.4 is 5.32 Å². The number of carbonyl (C=O) groups excluding carboxylic acids is 3. The Morgan fingerprint density at radius 1 is 1.12 bits per heavy atom. The van der Waals surface area contributed by atoms with Crippen molar-refractivity contribution in [1.29, 1.82) is 0 Å². The van der Waals surface area contributed by atoms with Crippen LogP contribution in [0.15, 0.2) is 5.11 Å². The molecule has 14 nitrogen and oxygen atoms in total. The predicted octanol–water partition coefficient (Wildman–Crippen LogP) is 5.42. The number of ketones is 1. The lowest BCUT2D eigenvalue weighted by atomic mass is 9.77. The summed E-state index contributed by atoms with van der Waals surface area (Å²) in [6, 6.07) is -0.849. The number of carbonyl (C=O) groups is 3. The fraction of sp³-hybridized carbons (Fsp3) is 0.917. The van der Waals surface area contributed by atoms with Crippen LogP contribution in [0, 0.1) is 17.8 Å². The summed E-state index contributed by atoms with van der Waals surface area (Å²) in [6.45, 7) is 16.9. The number of hydrogen-bond donors (Lipinski definition) is 1. The van der Waals surface area contributed by atoms with Gasteiger partial charge in [0.1, 0.15) is 6.10 Å². The number of alkyl halides is 1. The van der Waals surface area contributed by atoms with Gasteiger partial charge in [0.15, 0.2) is 17.7 Å². The molecule has 3 aliphatic heterocycles. The highest BCUT2D eigenvalue weighted by atomic mass is 19.1. The van der Waals surface area contributed by atoms with Gasteiger partial charge in [-0.3, -0.25) is 9.69 Å². The maximum absolute atomic E-state index is 16.8. The molecular weight excluding hydrogens is 663 g/mol. The van der Waals surface area contributed by atoms with Gasteiger partial charge in [-0.2, -0.15) is 0 Å². The molecule has 292 valence electrons. The van der Waals surface area contributed by atoms with Crippen molar-refractivity contribution in [3.05, 3.63) is 10.4 Å². The van der Waals surface area contributed by atoms with Gasteiger partial charge in [-0.15, -0.1) is 0 Å². The fourth-order valence-corrected chi connectivity index (χ4v) is 8.50. The van der Waals surface area contributed by atoms with E-state index in [1.165, 1.54) is 0 Å². The summed E-state index contributed by atoms with van der Waals surface area (Å²) in [5, 5.41) is 7.18. The molecule has 4 unspecified atom stereocenters. The van der Waals surface area contributed by atoms with Crippen LogP contribution in [-0.2, 0) is 33.3 Å². The molecule has 1 amide bonds. The van der Waals surface area contributed by atoms with Crippen molar-refractivity contribution in [3.8, 4) is 0 Å². The third-order valence-corrected chi connectivity index (χ3v) is 11.4. The Bertz CT molecular complexity index is 1270. The molecule has 0 bridgehead atoms. The number of hydrogen-bond acceptors (Lipinski definition) is 11. The van der Waals surface area contributed by atoms with Crippen LogP contribution >= 0.6 is 0 Å². The zero-order chi connectivity index (χ0) is 38.5. The number of azide groups is 1. The SMILES string of the molecule is CC[C@H]1OC(=O)C(C)(F)C(=O)[C@H](C)[C@@H](O[C@@H]2OC(C)CC(N(C)C)C2C)[C@](C)(OC)C[C@@H](C)CN[C@H](C)[C@H]2N(CCCCN=[N+]=[N-])C(=O)O[C@]12C. The average Bonchev–Trinajstić information content (AvgIpc) is 3.33. The van der Waals surface area contributed by atoms with Gasteiger partial charge in [0.2, 0.25) is 0 Å². The molecule has 13 atom stereocenters. The summed E-state index contributed by atoms with van der Waals surface area (Å²) < 4.78 is 47.9. The second-order valence-electron chi connectivity index (χ2n) is 15.8. The number of halogens is 1. The Morgan fingerprint density at radius 3 is 2.37 bits per heavy atom. The summed E-state index contributed by atoms with van der Waals surface area (Å²) in [5.41, 5.74) is 3.10. The van der Waals surface area contributed by atoms with E-state index in [1.54, 1.807) is 32.8 Å². The zero-order valence-electron chi connectivity index (χ0n) is 32.8. The Morgan fingerprint density at radius 2 is 1.78 bits per heavy atom. The summed E-state index contributed by atoms with van der Waals surface area (Å²) in [6.07, 6.45) is -1.02. The lowest BCUT2D eigenvalue weighted by molar-refractivity contribution is -0.281. The minimum Gasteiger partial charge on any atom is -0.455 e. The third-order valence-electron chi connectivity index (χ3n) is 11.4. The number of ether oxygens (including phenoxy) is 5. The molecule has 3 rings (SSSR count). The quantitative estimate of drug-likeness (QED) is 0.0768. The fourth-order valence-electron chi connectivity index (χ4n) is 8.50. The van der Waals surface area contributed by atoms with Gasteiger partial charge in [0.05, 0.1) is 23.9 Å². The number of amides is 1. The van der Waals surface area contributed by atoms with Crippen LogP contribution in [0.1, 0.15) is 94.4 Å². The second kappa shape index (κ2) is 17.5. The standard InChI is InChI=1S/C36H63FN6O8/c1-13-27-36(9)28(43(33(46)51-36)17-15-14-16-40-41-38)25(6)39-20-21(2)19-34(7,47-12)30(24(5)29(44)35(8,37)32(45)49-27)50-31-23(4)26(42(10)11)18-22(3)48-31/h21-28,30-31,39H,13-20H2,1-12H3/t21-,22?,23?,24+,25-,26?,27-,28-,30-,31+,34-,35?,36-/m1/s1. The number of unbranched alkanes of at least 4 members (excludes halogenated alkanes) is 1. The molecule has 0 aromatic rings. The number of methoxy groups -OCH3 is 1. The molecule has 3 aliphatic rings. The number of nitrogens with one attached hydrogen (secondary N) is 1. The summed E-state index contributed by atoms with van der Waals surface area (Å²) in [4.78, 5) is 48.0. The monoisotopic (exact) mass is 726 g/mol. The van der Waals surface area contributed by atoms with Gasteiger partial charge in [0.25, 0.3) is 5.67 Å². The van der Waals surface area contributed by atoms with Crippen molar-refractivity contribution in [1.82, 2.24) is 15.1 Å². The van der Waals surface area contributed by atoms with E-state index in [0.29, 0.717) is 32.4 Å². The lowest BCUT2D eigenvalue weighted by Crippen LogP contribution is -2.61. The second-order valence-corrected chi connectivity index (χ2v) is 15.8. The van der Waals surface area contributed by atoms with E-state index in [1.807, 2.05) is 48.7 Å². The van der Waals surface area contributed by atoms with E-state index in [9.17, 15) is 14.4 Å². The number of cyclic esters (lactones) is 1. The van der Waals surface area contributed by atoms with E-state index in [4.69, 9.17) is 29.2 Å². The van der Waals surface area contributed by atoms with Gasteiger partial charge in [-0.05, 0) is 98.8 Å². The molecule has 0 spiro atoms. The summed E-state index contributed by atoms with van der Waals surface area (Å²) in [5.74, 6) is -3.65. The first-order valence-corrected chi connectivity index (χ1v) is 18.5. The number of fused-ring (bicyclic) bond motifs is 1. The normalized spacial score (nSPS) is 41.6. The van der Waals surface area contributed by atoms with Gasteiger partial charge in [0, 0.05) is 49.0 Å². The Hall–Kier alpha value is -2.55. The first-order chi connectivity index (χ1) is 23.8. The molecule has 3 fully saturated rings. The number of Topliss-reactive ketones (excluding diaryl/α,β-unsaturated/α-hetero) is 1. The average molecular weight is 727 g/mol. The first-order valence-electron chi connectivity index (χ1n) is 18.5. The van der Waals surface area contributed by atoms with Crippen LogP contribution in [0.3, 0.4) is 0 Å². The van der Waals surface area contributed by atoms with Gasteiger partial charge >= 0.3 is 12.1 Å². The van der Waals surface area contributed by atoms with Crippen molar-refractivity contribution >= 4 is 17.8 Å². The highest BCUT2D eigenvalue weighted by Gasteiger charge is 2.60. The lowest BCUT2D eigenvalue weighted by Gasteiger charge is -2.47. The van der Waals surface area contributed by atoms with E-state index >= 15 is 4.39 Å². The molecule has 3 heterocycles. The third kappa shape index (κ3) is 9.34. The molecule has 0 radical (unpaired) electrons. The molecule has 0 aliphatic carbocycles. The van der Waals surface area contributed by atoms with Crippen LogP contribution in [0.4, 0.5) is 9.18 Å². The molecule has 3 saturated heterocycles. The zero-order valence-corrected chi connectivity index (χ0v) is 32.8. The predicted molar refractivity (Wildman–Crippen MR) is 190 cm³/mol. The van der Waals surface area contributed by atoms with Crippen LogP contribution in [0.5, 0.6) is 0 Å². The molecular formula is C36H63FN6O8.